The predicted molar refractivity (Wildman–Crippen MR) is 223 cm³/mol. The first-order valence-corrected chi connectivity index (χ1v) is 18.1. The van der Waals surface area contributed by atoms with Gasteiger partial charge in [0.15, 0.2) is 5.96 Å². The Bertz CT molecular complexity index is 1980. The molecule has 13 nitrogen and oxygen atoms in total. The van der Waals surface area contributed by atoms with Crippen molar-refractivity contribution in [1.29, 1.82) is 0 Å². The van der Waals surface area contributed by atoms with E-state index in [1.807, 2.05) is 72.9 Å². The van der Waals surface area contributed by atoms with E-state index in [0.717, 1.165) is 46.9 Å². The Labute approximate surface area is 333 Å². The molecule has 3 atom stereocenters. The van der Waals surface area contributed by atoms with Crippen molar-refractivity contribution in [2.24, 2.45) is 22.2 Å². The highest BCUT2D eigenvalue weighted by atomic mass is 35.5. The Morgan fingerprint density at radius 1 is 0.818 bits per heavy atom. The number of hydrogen-bond donors (Lipinski definition) is 8. The van der Waals surface area contributed by atoms with Crippen molar-refractivity contribution in [2.75, 3.05) is 6.54 Å². The van der Waals surface area contributed by atoms with Gasteiger partial charge in [0.05, 0.1) is 6.04 Å². The molecule has 0 bridgehead atoms. The Hall–Kier alpha value is -5.37. The highest BCUT2D eigenvalue weighted by Crippen LogP contribution is 2.20. The third-order valence-electron chi connectivity index (χ3n) is 9.07. The topological polar surface area (TPSA) is 222 Å². The molecule has 294 valence electrons. The molecular weight excluding hydrogens is 739 g/mol. The van der Waals surface area contributed by atoms with Gasteiger partial charge in [-0.1, -0.05) is 86.1 Å². The summed E-state index contributed by atoms with van der Waals surface area (Å²) >= 11 is 0. The number of unbranched alkanes of at least 4 members (excludes halogenated alkanes) is 1. The van der Waals surface area contributed by atoms with Gasteiger partial charge in [0.1, 0.15) is 17.9 Å². The lowest BCUT2D eigenvalue weighted by Crippen LogP contribution is -2.56. The predicted octanol–water partition coefficient (Wildman–Crippen LogP) is 4.20. The van der Waals surface area contributed by atoms with Crippen LogP contribution in [0.2, 0.25) is 0 Å². The number of aliphatic imine (C=N–C) groups is 1. The average Bonchev–Trinajstić information content (AvgIpc) is 3.81. The number of nitrogens with zero attached hydrogens (tertiary/aromatic N) is 2. The van der Waals surface area contributed by atoms with Crippen LogP contribution < -0.4 is 33.2 Å². The van der Waals surface area contributed by atoms with Gasteiger partial charge in [-0.05, 0) is 48.4 Å². The van der Waals surface area contributed by atoms with Crippen LogP contribution in [0.15, 0.2) is 96.2 Å². The second-order valence-corrected chi connectivity index (χ2v) is 13.2. The zero-order valence-electron chi connectivity index (χ0n) is 30.9. The summed E-state index contributed by atoms with van der Waals surface area (Å²) < 4.78 is 0. The quantitative estimate of drug-likeness (QED) is 0.0346. The fourth-order valence-corrected chi connectivity index (χ4v) is 6.11. The van der Waals surface area contributed by atoms with E-state index < -0.39 is 29.9 Å². The molecule has 11 N–H and O–H groups in total. The van der Waals surface area contributed by atoms with Crippen LogP contribution in [-0.4, -0.2) is 63.3 Å². The highest BCUT2D eigenvalue weighted by Gasteiger charge is 2.29. The van der Waals surface area contributed by atoms with Gasteiger partial charge in [0, 0.05) is 60.5 Å². The molecule has 0 unspecified atom stereocenters. The molecule has 0 fully saturated rings. The van der Waals surface area contributed by atoms with Gasteiger partial charge in [-0.3, -0.25) is 19.4 Å². The zero-order chi connectivity index (χ0) is 37.6. The Morgan fingerprint density at radius 3 is 2.25 bits per heavy atom. The summed E-state index contributed by atoms with van der Waals surface area (Å²) in [6.45, 7) is 2.74. The SMILES string of the molecule is CCCCc1ccc(-c2ncc(C[C@H](N)C(=O)N[C@@H](Cc3c[nH]c4ccccc34)C(=O)N[C@@H](CCCN=C(N)N)C(=O)NCc3ccccc3)[nH]2)cc1.Cl.Cl. The van der Waals surface area contributed by atoms with Gasteiger partial charge in [-0.15, -0.1) is 24.8 Å². The molecule has 0 spiro atoms. The molecule has 0 saturated carbocycles. The molecule has 0 aliphatic rings. The number of benzene rings is 3. The molecule has 0 saturated heterocycles. The smallest absolute Gasteiger partial charge is 0.243 e. The number of H-pyrrole nitrogens is 2. The molecule has 55 heavy (non-hydrogen) atoms. The Morgan fingerprint density at radius 2 is 1.53 bits per heavy atom. The number of rotatable bonds is 19. The van der Waals surface area contributed by atoms with E-state index in [0.29, 0.717) is 17.9 Å². The number of amides is 3. The summed E-state index contributed by atoms with van der Waals surface area (Å²) in [5.74, 6) is -0.781. The third kappa shape index (κ3) is 13.2. The minimum Gasteiger partial charge on any atom is -0.370 e. The van der Waals surface area contributed by atoms with E-state index in [1.165, 1.54) is 5.56 Å². The maximum Gasteiger partial charge on any atom is 0.243 e. The number of para-hydroxylation sites is 1. The summed E-state index contributed by atoms with van der Waals surface area (Å²) in [5.41, 5.74) is 22.9. The lowest BCUT2D eigenvalue weighted by atomic mass is 10.0. The van der Waals surface area contributed by atoms with Crippen molar-refractivity contribution >= 4 is 59.4 Å². The van der Waals surface area contributed by atoms with Crippen LogP contribution in [0.25, 0.3) is 22.3 Å². The molecule has 2 heterocycles. The van der Waals surface area contributed by atoms with Crippen molar-refractivity contribution in [2.45, 2.75) is 76.5 Å². The van der Waals surface area contributed by atoms with Gasteiger partial charge in [0.25, 0.3) is 0 Å². The number of nitrogens with one attached hydrogen (secondary N) is 5. The monoisotopic (exact) mass is 790 g/mol. The fraction of sp³-hybridized carbons (Fsp3) is 0.325. The number of aromatic amines is 2. The van der Waals surface area contributed by atoms with E-state index in [4.69, 9.17) is 17.2 Å². The summed E-state index contributed by atoms with van der Waals surface area (Å²) in [5, 5.41) is 9.59. The number of guanidine groups is 1. The van der Waals surface area contributed by atoms with E-state index in [2.05, 4.69) is 55.0 Å². The number of aromatic nitrogens is 3. The minimum absolute atomic E-state index is 0. The summed E-state index contributed by atoms with van der Waals surface area (Å²) in [6.07, 6.45) is 7.82. The number of imidazole rings is 1. The number of aryl methyl sites for hydroxylation is 1. The van der Waals surface area contributed by atoms with Crippen LogP contribution in [0.1, 0.15) is 55.0 Å². The van der Waals surface area contributed by atoms with Crippen LogP contribution in [-0.2, 0) is 40.2 Å². The highest BCUT2D eigenvalue weighted by molar-refractivity contribution is 5.94. The molecule has 0 aliphatic heterocycles. The number of carbonyl (C=O) groups is 3. The van der Waals surface area contributed by atoms with Crippen molar-refractivity contribution < 1.29 is 14.4 Å². The van der Waals surface area contributed by atoms with Crippen LogP contribution in [0.3, 0.4) is 0 Å². The maximum atomic E-state index is 14.1. The van der Waals surface area contributed by atoms with Crippen molar-refractivity contribution in [3.8, 4) is 11.4 Å². The Kier molecular flexibility index (Phi) is 17.7. The maximum absolute atomic E-state index is 14.1. The molecule has 15 heteroatoms. The number of halogens is 2. The lowest BCUT2D eigenvalue weighted by Gasteiger charge is -2.24. The van der Waals surface area contributed by atoms with Gasteiger partial charge in [-0.2, -0.15) is 0 Å². The minimum atomic E-state index is -1.04. The van der Waals surface area contributed by atoms with E-state index in [9.17, 15) is 14.4 Å². The average molecular weight is 792 g/mol. The van der Waals surface area contributed by atoms with Gasteiger partial charge >= 0.3 is 0 Å². The number of hydrogen-bond acceptors (Lipinski definition) is 6. The number of fused-ring (bicyclic) bond motifs is 1. The lowest BCUT2D eigenvalue weighted by molar-refractivity contribution is -0.132. The van der Waals surface area contributed by atoms with Crippen LogP contribution in [0.5, 0.6) is 0 Å². The van der Waals surface area contributed by atoms with Crippen LogP contribution >= 0.6 is 24.8 Å². The Balaban J connectivity index is 0.00000406. The van der Waals surface area contributed by atoms with Crippen LogP contribution in [0, 0.1) is 0 Å². The molecule has 3 amide bonds. The summed E-state index contributed by atoms with van der Waals surface area (Å²) in [7, 11) is 0. The van der Waals surface area contributed by atoms with E-state index in [1.54, 1.807) is 6.20 Å². The van der Waals surface area contributed by atoms with E-state index in [-0.39, 0.29) is 69.0 Å². The largest absolute Gasteiger partial charge is 0.370 e. The van der Waals surface area contributed by atoms with E-state index >= 15 is 0 Å². The first-order chi connectivity index (χ1) is 25.7. The van der Waals surface area contributed by atoms with Gasteiger partial charge in [0.2, 0.25) is 17.7 Å². The zero-order valence-corrected chi connectivity index (χ0v) is 32.6. The summed E-state index contributed by atoms with van der Waals surface area (Å²) in [6, 6.07) is 22.5. The molecule has 0 radical (unpaired) electrons. The summed E-state index contributed by atoms with van der Waals surface area (Å²) in [4.78, 5) is 56.2. The molecule has 0 aliphatic carbocycles. The van der Waals surface area contributed by atoms with Crippen molar-refractivity contribution in [3.05, 3.63) is 114 Å². The molecule has 3 aromatic carbocycles. The third-order valence-corrected chi connectivity index (χ3v) is 9.07. The second-order valence-electron chi connectivity index (χ2n) is 13.2. The number of nitrogens with two attached hydrogens (primary N) is 3. The molecule has 5 aromatic rings. The second kappa shape index (κ2) is 22.1. The standard InChI is InChI=1S/C40H50N10O3.2ClH/c1-2-3-10-26-16-18-28(19-17-26)36-46-25-30(48-36)22-32(41)37(51)50-35(21-29-24-45-33-14-8-7-13-31(29)33)39(53)49-34(15-9-20-44-40(42)43)38(52)47-23-27-11-5-4-6-12-27;;/h4-8,11-14,16-19,24-25,32,34-35,45H,2-3,9-10,15,20-23,41H2,1H3,(H,46,48)(H,47,52)(H,49,53)(H,50,51)(H4,42,43,44);2*1H/t32-,34-,35-;;/m0../s1. The van der Waals surface area contributed by atoms with Crippen molar-refractivity contribution in [3.63, 3.8) is 0 Å². The first-order valence-electron chi connectivity index (χ1n) is 18.1. The van der Waals surface area contributed by atoms with Gasteiger partial charge in [-0.25, -0.2) is 4.98 Å². The van der Waals surface area contributed by atoms with Crippen LogP contribution in [0.4, 0.5) is 0 Å². The van der Waals surface area contributed by atoms with Crippen molar-refractivity contribution in [1.82, 2.24) is 30.9 Å². The fourth-order valence-electron chi connectivity index (χ4n) is 6.11. The number of carbonyl (C=O) groups excluding carboxylic acids is 3. The normalized spacial score (nSPS) is 12.3. The first kappa shape index (κ1) is 44.0. The molecular formula is C40H52Cl2N10O3. The molecule has 2 aromatic heterocycles. The van der Waals surface area contributed by atoms with Gasteiger partial charge < -0.3 is 43.1 Å². The molecule has 5 rings (SSSR count).